The second kappa shape index (κ2) is 4.96. The minimum atomic E-state index is -4.67. The van der Waals surface area contributed by atoms with E-state index in [9.17, 15) is 27.9 Å². The molecule has 20 heavy (non-hydrogen) atoms. The van der Waals surface area contributed by atoms with E-state index < -0.39 is 40.3 Å². The largest absolute Gasteiger partial charge is 0.445 e. The van der Waals surface area contributed by atoms with Gasteiger partial charge in [0.25, 0.3) is 0 Å². The van der Waals surface area contributed by atoms with E-state index in [1.165, 1.54) is 7.05 Å². The normalized spacial score (nSPS) is 23.8. The Bertz CT molecular complexity index is 548. The van der Waals surface area contributed by atoms with Crippen LogP contribution in [0.15, 0.2) is 0 Å². The molecule has 110 valence electrons. The summed E-state index contributed by atoms with van der Waals surface area (Å²) in [5, 5.41) is 16.6. The van der Waals surface area contributed by atoms with Crippen molar-refractivity contribution in [2.45, 2.75) is 12.4 Å². The van der Waals surface area contributed by atoms with E-state index in [0.717, 1.165) is 5.06 Å². The van der Waals surface area contributed by atoms with Gasteiger partial charge in [-0.25, -0.2) is 4.79 Å². The zero-order chi connectivity index (χ0) is 15.1. The third kappa shape index (κ3) is 2.71. The number of halogens is 3. The Hall–Kier alpha value is -1.79. The molecule has 2 N–H and O–H groups in total. The number of hydrogen-bond acceptors (Lipinski definition) is 8. The fraction of sp³-hybridized carbons (Fsp3) is 0.500. The predicted octanol–water partition coefficient (Wildman–Crippen LogP) is -0.166. The van der Waals surface area contributed by atoms with Crippen LogP contribution in [0.4, 0.5) is 18.3 Å². The summed E-state index contributed by atoms with van der Waals surface area (Å²) >= 11 is 0.104. The maximum absolute atomic E-state index is 12.3. The smallest absolute Gasteiger partial charge is 0.374 e. The number of alkyl halides is 3. The SMILES string of the molecule is CN1OC(=O)C(C(=O)Nc2nnc(C(F)(F)F)s2)C1O. The van der Waals surface area contributed by atoms with Gasteiger partial charge in [0.15, 0.2) is 12.1 Å². The van der Waals surface area contributed by atoms with E-state index in [2.05, 4.69) is 15.0 Å². The number of nitrogens with zero attached hydrogens (tertiary/aromatic N) is 3. The van der Waals surface area contributed by atoms with Crippen LogP contribution in [0, 0.1) is 5.92 Å². The van der Waals surface area contributed by atoms with Gasteiger partial charge in [-0.2, -0.15) is 13.2 Å². The number of aliphatic hydroxyl groups is 1. The van der Waals surface area contributed by atoms with Gasteiger partial charge in [-0.1, -0.05) is 11.3 Å². The maximum atomic E-state index is 12.3. The molecule has 2 heterocycles. The summed E-state index contributed by atoms with van der Waals surface area (Å²) in [7, 11) is 1.22. The van der Waals surface area contributed by atoms with Gasteiger partial charge in [-0.3, -0.25) is 10.1 Å². The van der Waals surface area contributed by atoms with E-state index in [0.29, 0.717) is 0 Å². The number of carbonyl (C=O) groups excluding carboxylic acids is 2. The van der Waals surface area contributed by atoms with Crippen LogP contribution in [0.25, 0.3) is 0 Å². The van der Waals surface area contributed by atoms with Gasteiger partial charge in [-0.05, 0) is 0 Å². The number of rotatable bonds is 2. The number of anilines is 1. The minimum absolute atomic E-state index is 0.104. The van der Waals surface area contributed by atoms with E-state index >= 15 is 0 Å². The number of nitrogens with one attached hydrogen (secondary N) is 1. The molecule has 1 fully saturated rings. The lowest BCUT2D eigenvalue weighted by Crippen LogP contribution is -2.37. The van der Waals surface area contributed by atoms with Crippen LogP contribution in [0.3, 0.4) is 0 Å². The van der Waals surface area contributed by atoms with Gasteiger partial charge in [-0.15, -0.1) is 15.3 Å². The second-order valence-electron chi connectivity index (χ2n) is 3.75. The third-order valence-electron chi connectivity index (χ3n) is 2.34. The zero-order valence-corrected chi connectivity index (χ0v) is 10.5. The summed E-state index contributed by atoms with van der Waals surface area (Å²) in [5.41, 5.74) is 0. The first-order valence-corrected chi connectivity index (χ1v) is 5.86. The molecule has 0 bridgehead atoms. The van der Waals surface area contributed by atoms with Gasteiger partial charge in [0.05, 0.1) is 0 Å². The first-order chi connectivity index (χ1) is 9.20. The van der Waals surface area contributed by atoms with Crippen LogP contribution >= 0.6 is 11.3 Å². The van der Waals surface area contributed by atoms with E-state index in [1.807, 2.05) is 5.32 Å². The maximum Gasteiger partial charge on any atom is 0.445 e. The lowest BCUT2D eigenvalue weighted by molar-refractivity contribution is -0.183. The number of aromatic nitrogens is 2. The summed E-state index contributed by atoms with van der Waals surface area (Å²) in [6.45, 7) is 0. The fourth-order valence-corrected chi connectivity index (χ4v) is 2.01. The molecular formula is C8H7F3N4O4S. The lowest BCUT2D eigenvalue weighted by atomic mass is 10.1. The summed E-state index contributed by atoms with van der Waals surface area (Å²) < 4.78 is 36.9. The summed E-state index contributed by atoms with van der Waals surface area (Å²) in [4.78, 5) is 27.5. The summed E-state index contributed by atoms with van der Waals surface area (Å²) in [6.07, 6.45) is -6.20. The molecule has 8 nitrogen and oxygen atoms in total. The second-order valence-corrected chi connectivity index (χ2v) is 4.72. The average molecular weight is 312 g/mol. The van der Waals surface area contributed by atoms with Crippen LogP contribution in [0.1, 0.15) is 5.01 Å². The Morgan fingerprint density at radius 1 is 1.50 bits per heavy atom. The lowest BCUT2D eigenvalue weighted by Gasteiger charge is -2.12. The van der Waals surface area contributed by atoms with Crippen molar-refractivity contribution in [3.63, 3.8) is 0 Å². The molecule has 0 spiro atoms. The van der Waals surface area contributed by atoms with Crippen molar-refractivity contribution < 1.29 is 32.7 Å². The van der Waals surface area contributed by atoms with Gasteiger partial charge in [0.1, 0.15) is 0 Å². The molecule has 1 amide bonds. The van der Waals surface area contributed by atoms with Gasteiger partial charge >= 0.3 is 12.1 Å². The Labute approximate surface area is 113 Å². The quantitative estimate of drug-likeness (QED) is 0.731. The molecule has 1 aliphatic heterocycles. The van der Waals surface area contributed by atoms with Gasteiger partial charge in [0.2, 0.25) is 16.0 Å². The first kappa shape index (κ1) is 14.6. The van der Waals surface area contributed by atoms with Gasteiger partial charge < -0.3 is 9.94 Å². The molecule has 0 aliphatic carbocycles. The van der Waals surface area contributed by atoms with Crippen LogP contribution in [-0.4, -0.2) is 45.5 Å². The van der Waals surface area contributed by atoms with Crippen molar-refractivity contribution in [3.05, 3.63) is 5.01 Å². The Morgan fingerprint density at radius 3 is 2.60 bits per heavy atom. The zero-order valence-electron chi connectivity index (χ0n) is 9.71. The Morgan fingerprint density at radius 2 is 2.15 bits per heavy atom. The molecular weight excluding hydrogens is 305 g/mol. The molecule has 0 saturated carbocycles. The van der Waals surface area contributed by atoms with Crippen molar-refractivity contribution in [2.24, 2.45) is 5.92 Å². The van der Waals surface area contributed by atoms with Crippen LogP contribution in [0.2, 0.25) is 0 Å². The summed E-state index contributed by atoms with van der Waals surface area (Å²) in [5.74, 6) is -3.62. The average Bonchev–Trinajstić information content (AvgIpc) is 2.85. The topological polar surface area (TPSA) is 105 Å². The minimum Gasteiger partial charge on any atom is -0.374 e. The Kier molecular flexibility index (Phi) is 3.62. The van der Waals surface area contributed by atoms with Crippen molar-refractivity contribution in [1.29, 1.82) is 0 Å². The molecule has 2 unspecified atom stereocenters. The molecule has 1 aromatic heterocycles. The number of hydrogen-bond donors (Lipinski definition) is 2. The Balaban J connectivity index is 2.09. The number of amides is 1. The number of hydroxylamine groups is 2. The highest BCUT2D eigenvalue weighted by Gasteiger charge is 2.46. The number of carbonyl (C=O) groups is 2. The highest BCUT2D eigenvalue weighted by molar-refractivity contribution is 7.15. The molecule has 0 radical (unpaired) electrons. The fourth-order valence-electron chi connectivity index (χ4n) is 1.40. The van der Waals surface area contributed by atoms with E-state index in [1.54, 1.807) is 0 Å². The number of aliphatic hydroxyl groups excluding tert-OH is 1. The van der Waals surface area contributed by atoms with Gasteiger partial charge in [0, 0.05) is 7.05 Å². The molecule has 2 rings (SSSR count). The molecule has 12 heteroatoms. The molecule has 0 aromatic carbocycles. The van der Waals surface area contributed by atoms with E-state index in [-0.39, 0.29) is 11.3 Å². The molecule has 1 aromatic rings. The van der Waals surface area contributed by atoms with E-state index in [4.69, 9.17) is 0 Å². The summed E-state index contributed by atoms with van der Waals surface area (Å²) in [6, 6.07) is 0. The van der Waals surface area contributed by atoms with Crippen molar-refractivity contribution >= 4 is 28.3 Å². The predicted molar refractivity (Wildman–Crippen MR) is 56.9 cm³/mol. The standard InChI is InChI=1S/C8H7F3N4O4S/c1-15-4(17)2(5(18)19-15)3(16)12-7-14-13-6(20-7)8(9,10)11/h2,4,17H,1H3,(H,12,14,16). The monoisotopic (exact) mass is 312 g/mol. The van der Waals surface area contributed by atoms with Crippen molar-refractivity contribution in [1.82, 2.24) is 15.3 Å². The first-order valence-electron chi connectivity index (χ1n) is 5.04. The highest BCUT2D eigenvalue weighted by atomic mass is 32.1. The van der Waals surface area contributed by atoms with Crippen LogP contribution < -0.4 is 5.32 Å². The van der Waals surface area contributed by atoms with Crippen LogP contribution in [0.5, 0.6) is 0 Å². The highest BCUT2D eigenvalue weighted by Crippen LogP contribution is 2.33. The van der Waals surface area contributed by atoms with Crippen LogP contribution in [-0.2, 0) is 20.6 Å². The third-order valence-corrected chi connectivity index (χ3v) is 3.22. The van der Waals surface area contributed by atoms with Crippen molar-refractivity contribution in [3.8, 4) is 0 Å². The van der Waals surface area contributed by atoms with Crippen molar-refractivity contribution in [2.75, 3.05) is 12.4 Å². The molecule has 1 saturated heterocycles. The molecule has 2 atom stereocenters. The molecule has 1 aliphatic rings.